The Kier molecular flexibility index (Phi) is 3.64. The molecule has 0 aliphatic carbocycles. The van der Waals surface area contributed by atoms with Crippen molar-refractivity contribution >= 4 is 22.3 Å². The van der Waals surface area contributed by atoms with Crippen molar-refractivity contribution in [1.29, 1.82) is 0 Å². The Labute approximate surface area is 135 Å². The monoisotopic (exact) mass is 328 g/mol. The van der Waals surface area contributed by atoms with Gasteiger partial charge in [0, 0.05) is 34.7 Å². The van der Waals surface area contributed by atoms with Crippen LogP contribution in [0.1, 0.15) is 11.1 Å². The highest BCUT2D eigenvalue weighted by Gasteiger charge is 2.17. The first-order valence-corrected chi connectivity index (χ1v) is 6.97. The van der Waals surface area contributed by atoms with E-state index in [0.717, 1.165) is 0 Å². The summed E-state index contributed by atoms with van der Waals surface area (Å²) in [5.74, 6) is 0.533. The van der Waals surface area contributed by atoms with Crippen molar-refractivity contribution in [2.45, 2.75) is 13.8 Å². The van der Waals surface area contributed by atoms with E-state index < -0.39 is 9.85 Å². The molecule has 24 heavy (non-hydrogen) atoms. The molecule has 0 unspecified atom stereocenters. The number of rotatable bonds is 4. The van der Waals surface area contributed by atoms with Crippen LogP contribution in [0.25, 0.3) is 11.0 Å². The quantitative estimate of drug-likeness (QED) is 0.509. The average Bonchev–Trinajstić information content (AvgIpc) is 2.90. The molecule has 0 atom stereocenters. The van der Waals surface area contributed by atoms with Gasteiger partial charge in [0.15, 0.2) is 0 Å². The molecule has 8 heteroatoms. The Balaban J connectivity index is 1.96. The molecule has 3 rings (SSSR count). The number of fused-ring (bicyclic) bond motifs is 1. The van der Waals surface area contributed by atoms with Gasteiger partial charge >= 0.3 is 0 Å². The second-order valence-electron chi connectivity index (χ2n) is 5.25. The molecule has 1 aromatic heterocycles. The third-order valence-corrected chi connectivity index (χ3v) is 3.70. The molecule has 2 aromatic carbocycles. The van der Waals surface area contributed by atoms with Gasteiger partial charge in [-0.1, -0.05) is 0 Å². The number of nitrogens with zero attached hydrogens (tertiary/aromatic N) is 2. The smallest absolute Gasteiger partial charge is 0.291 e. The largest absolute Gasteiger partial charge is 0.426 e. The second-order valence-corrected chi connectivity index (χ2v) is 5.25. The van der Waals surface area contributed by atoms with Crippen LogP contribution in [0.4, 0.5) is 11.4 Å². The number of aryl methyl sites for hydroxylation is 2. The summed E-state index contributed by atoms with van der Waals surface area (Å²) in [7, 11) is 0. The Morgan fingerprint density at radius 2 is 1.62 bits per heavy atom. The molecule has 0 saturated carbocycles. The fraction of sp³-hybridized carbons (Fsp3) is 0.125. The highest BCUT2D eigenvalue weighted by Crippen LogP contribution is 2.35. The molecule has 0 saturated heterocycles. The summed E-state index contributed by atoms with van der Waals surface area (Å²) in [4.78, 5) is 20.9. The summed E-state index contributed by atoms with van der Waals surface area (Å²) in [5.41, 5.74) is 1.41. The van der Waals surface area contributed by atoms with Gasteiger partial charge in [0.2, 0.25) is 0 Å². The molecule has 0 amide bonds. The van der Waals surface area contributed by atoms with Crippen LogP contribution in [0.5, 0.6) is 11.7 Å². The molecule has 0 N–H and O–H groups in total. The van der Waals surface area contributed by atoms with Gasteiger partial charge in [0.1, 0.15) is 11.3 Å². The molecule has 0 aliphatic rings. The van der Waals surface area contributed by atoms with Crippen molar-refractivity contribution in [2.75, 3.05) is 0 Å². The molecule has 0 aliphatic heterocycles. The van der Waals surface area contributed by atoms with Gasteiger partial charge in [-0.05, 0) is 32.0 Å². The standard InChI is InChI=1S/C16H12N2O6/c1-9-7-11(3-4-13(9)17(19)20)23-16-8-12-10(2)14(18(21)22)5-6-15(12)24-16/h3-8H,1-2H3. The SMILES string of the molecule is Cc1cc(Oc2cc3c(C)c([N+](=O)[O-])ccc3o2)ccc1[N+](=O)[O-]. The zero-order chi connectivity index (χ0) is 17.4. The molecule has 0 radical (unpaired) electrons. The number of benzene rings is 2. The summed E-state index contributed by atoms with van der Waals surface area (Å²) < 4.78 is 11.1. The Hall–Kier alpha value is -3.42. The molecular formula is C16H12N2O6. The normalized spacial score (nSPS) is 10.8. The molecule has 0 spiro atoms. The Bertz CT molecular complexity index is 976. The van der Waals surface area contributed by atoms with Gasteiger partial charge < -0.3 is 9.15 Å². The zero-order valence-electron chi connectivity index (χ0n) is 12.8. The molecule has 8 nitrogen and oxygen atoms in total. The van der Waals surface area contributed by atoms with E-state index in [9.17, 15) is 20.2 Å². The second kappa shape index (κ2) is 5.65. The third-order valence-electron chi connectivity index (χ3n) is 3.70. The third kappa shape index (κ3) is 2.65. The highest BCUT2D eigenvalue weighted by atomic mass is 16.6. The van der Waals surface area contributed by atoms with E-state index in [4.69, 9.17) is 9.15 Å². The highest BCUT2D eigenvalue weighted by molar-refractivity contribution is 5.85. The van der Waals surface area contributed by atoms with E-state index in [2.05, 4.69) is 0 Å². The average molecular weight is 328 g/mol. The fourth-order valence-electron chi connectivity index (χ4n) is 2.48. The van der Waals surface area contributed by atoms with Crippen LogP contribution in [0.15, 0.2) is 40.8 Å². The van der Waals surface area contributed by atoms with Crippen molar-refractivity contribution in [3.8, 4) is 11.7 Å². The first kappa shape index (κ1) is 15.5. The maximum Gasteiger partial charge on any atom is 0.291 e. The predicted octanol–water partition coefficient (Wildman–Crippen LogP) is 4.66. The van der Waals surface area contributed by atoms with Crippen LogP contribution < -0.4 is 4.74 Å². The number of hydrogen-bond donors (Lipinski definition) is 0. The fourth-order valence-corrected chi connectivity index (χ4v) is 2.48. The minimum Gasteiger partial charge on any atom is -0.426 e. The summed E-state index contributed by atoms with van der Waals surface area (Å²) >= 11 is 0. The zero-order valence-corrected chi connectivity index (χ0v) is 12.8. The maximum absolute atomic E-state index is 11.0. The molecule has 3 aromatic rings. The van der Waals surface area contributed by atoms with E-state index >= 15 is 0 Å². The minimum absolute atomic E-state index is 0.000954. The number of nitro groups is 2. The Morgan fingerprint density at radius 3 is 2.25 bits per heavy atom. The van der Waals surface area contributed by atoms with Crippen molar-refractivity contribution in [2.24, 2.45) is 0 Å². The molecular weight excluding hydrogens is 316 g/mol. The molecule has 0 bridgehead atoms. The first-order chi connectivity index (χ1) is 11.4. The van der Waals surface area contributed by atoms with Gasteiger partial charge in [0.05, 0.1) is 9.85 Å². The van der Waals surface area contributed by atoms with E-state index in [1.54, 1.807) is 19.9 Å². The lowest BCUT2D eigenvalue weighted by Gasteiger charge is -2.03. The minimum atomic E-state index is -0.469. The van der Waals surface area contributed by atoms with Gasteiger partial charge in [-0.25, -0.2) is 0 Å². The Morgan fingerprint density at radius 1 is 0.958 bits per heavy atom. The van der Waals surface area contributed by atoms with Gasteiger partial charge in [-0.2, -0.15) is 0 Å². The van der Waals surface area contributed by atoms with Crippen molar-refractivity contribution < 1.29 is 19.0 Å². The van der Waals surface area contributed by atoms with Gasteiger partial charge in [-0.15, -0.1) is 0 Å². The topological polar surface area (TPSA) is 109 Å². The van der Waals surface area contributed by atoms with Crippen molar-refractivity contribution in [3.05, 3.63) is 67.8 Å². The summed E-state index contributed by atoms with van der Waals surface area (Å²) in [6, 6.07) is 8.79. The van der Waals surface area contributed by atoms with E-state index in [1.165, 1.54) is 30.3 Å². The van der Waals surface area contributed by atoms with Crippen LogP contribution in [0, 0.1) is 34.1 Å². The summed E-state index contributed by atoms with van der Waals surface area (Å²) in [5, 5.41) is 22.4. The van der Waals surface area contributed by atoms with E-state index in [1.807, 2.05) is 0 Å². The molecule has 122 valence electrons. The first-order valence-electron chi connectivity index (χ1n) is 6.97. The molecule has 1 heterocycles. The lowest BCUT2D eigenvalue weighted by Crippen LogP contribution is -1.92. The lowest BCUT2D eigenvalue weighted by atomic mass is 10.1. The van der Waals surface area contributed by atoms with Crippen LogP contribution in [-0.4, -0.2) is 9.85 Å². The van der Waals surface area contributed by atoms with Crippen molar-refractivity contribution in [3.63, 3.8) is 0 Å². The van der Waals surface area contributed by atoms with Crippen LogP contribution in [-0.2, 0) is 0 Å². The van der Waals surface area contributed by atoms with Crippen LogP contribution >= 0.6 is 0 Å². The maximum atomic E-state index is 11.0. The van der Waals surface area contributed by atoms with Crippen LogP contribution in [0.2, 0.25) is 0 Å². The summed E-state index contributed by atoms with van der Waals surface area (Å²) in [6.45, 7) is 3.24. The number of hydrogen-bond acceptors (Lipinski definition) is 6. The predicted molar refractivity (Wildman–Crippen MR) is 85.5 cm³/mol. The molecule has 0 fully saturated rings. The number of nitro benzene ring substituents is 2. The van der Waals surface area contributed by atoms with E-state index in [0.29, 0.717) is 27.8 Å². The lowest BCUT2D eigenvalue weighted by molar-refractivity contribution is -0.385. The van der Waals surface area contributed by atoms with Crippen molar-refractivity contribution in [1.82, 2.24) is 0 Å². The summed E-state index contributed by atoms with van der Waals surface area (Å²) in [6.07, 6.45) is 0. The number of ether oxygens (including phenoxy) is 1. The van der Waals surface area contributed by atoms with Gasteiger partial charge in [0.25, 0.3) is 17.3 Å². The number of furan rings is 1. The van der Waals surface area contributed by atoms with E-state index in [-0.39, 0.29) is 17.3 Å². The van der Waals surface area contributed by atoms with Crippen LogP contribution in [0.3, 0.4) is 0 Å². The van der Waals surface area contributed by atoms with Gasteiger partial charge in [-0.3, -0.25) is 20.2 Å².